The predicted molar refractivity (Wildman–Crippen MR) is 140 cm³/mol. The highest BCUT2D eigenvalue weighted by Crippen LogP contribution is 2.27. The minimum absolute atomic E-state index is 0.0235. The summed E-state index contributed by atoms with van der Waals surface area (Å²) in [6, 6.07) is 24.5. The second-order valence-electron chi connectivity index (χ2n) is 7.95. The van der Waals surface area contributed by atoms with Gasteiger partial charge in [-0.2, -0.15) is 4.31 Å². The highest BCUT2D eigenvalue weighted by molar-refractivity contribution is 7.89. The van der Waals surface area contributed by atoms with Gasteiger partial charge in [-0.1, -0.05) is 48.0 Å². The molecule has 0 unspecified atom stereocenters. The fourth-order valence-electron chi connectivity index (χ4n) is 3.78. The number of carbonyl (C=O) groups is 1. The van der Waals surface area contributed by atoms with E-state index >= 15 is 0 Å². The van der Waals surface area contributed by atoms with Crippen molar-refractivity contribution in [3.05, 3.63) is 101 Å². The van der Waals surface area contributed by atoms with Gasteiger partial charge in [0.25, 0.3) is 5.91 Å². The Morgan fingerprint density at radius 2 is 1.69 bits per heavy atom. The van der Waals surface area contributed by atoms with Crippen LogP contribution in [0.15, 0.2) is 89.8 Å². The Kier molecular flexibility index (Phi) is 7.40. The summed E-state index contributed by atoms with van der Waals surface area (Å²) in [6.07, 6.45) is 0. The minimum Gasteiger partial charge on any atom is -0.494 e. The van der Waals surface area contributed by atoms with Crippen LogP contribution in [-0.2, 0) is 16.6 Å². The molecule has 0 radical (unpaired) electrons. The summed E-state index contributed by atoms with van der Waals surface area (Å²) < 4.78 is 33.1. The van der Waals surface area contributed by atoms with E-state index in [-0.39, 0.29) is 17.3 Å². The zero-order chi connectivity index (χ0) is 25.0. The monoisotopic (exact) mass is 508 g/mol. The first-order valence-corrected chi connectivity index (χ1v) is 12.9. The SMILES string of the molecule is CCOc1ccc(C(=O)Nc2cccc3ccccc23)cc1CN(C)S(=O)(=O)c1ccc(Cl)cc1. The van der Waals surface area contributed by atoms with Crippen LogP contribution in [0.4, 0.5) is 5.69 Å². The lowest BCUT2D eigenvalue weighted by Crippen LogP contribution is -2.27. The third-order valence-electron chi connectivity index (χ3n) is 5.58. The molecule has 0 fully saturated rings. The van der Waals surface area contributed by atoms with E-state index in [1.807, 2.05) is 49.4 Å². The maximum atomic E-state index is 13.1. The van der Waals surface area contributed by atoms with Crippen LogP contribution in [0.25, 0.3) is 10.8 Å². The number of hydrogen-bond acceptors (Lipinski definition) is 4. The Morgan fingerprint density at radius 3 is 2.43 bits per heavy atom. The average molecular weight is 509 g/mol. The molecule has 4 rings (SSSR count). The first kappa shape index (κ1) is 24.7. The average Bonchev–Trinajstić information content (AvgIpc) is 2.85. The largest absolute Gasteiger partial charge is 0.494 e. The summed E-state index contributed by atoms with van der Waals surface area (Å²) in [7, 11) is -2.28. The molecule has 0 saturated heterocycles. The lowest BCUT2D eigenvalue weighted by Gasteiger charge is -2.20. The summed E-state index contributed by atoms with van der Waals surface area (Å²) in [5.74, 6) is 0.223. The molecule has 35 heavy (non-hydrogen) atoms. The molecular weight excluding hydrogens is 484 g/mol. The maximum Gasteiger partial charge on any atom is 0.255 e. The zero-order valence-corrected chi connectivity index (χ0v) is 20.9. The van der Waals surface area contributed by atoms with Crippen LogP contribution in [0.3, 0.4) is 0 Å². The van der Waals surface area contributed by atoms with Crippen LogP contribution in [0, 0.1) is 0 Å². The first-order valence-electron chi connectivity index (χ1n) is 11.1. The number of rotatable bonds is 8. The Bertz CT molecular complexity index is 1470. The number of benzene rings is 4. The summed E-state index contributed by atoms with van der Waals surface area (Å²) in [6.45, 7) is 2.27. The Labute approximate surface area is 210 Å². The standard InChI is InChI=1S/C27H25ClN2O4S/c1-3-34-26-16-11-20(27(31)29-25-10-6-8-19-7-4-5-9-24(19)25)17-21(26)18-30(2)35(32,33)23-14-12-22(28)13-15-23/h4-17H,3,18H2,1-2H3,(H,29,31). The smallest absolute Gasteiger partial charge is 0.255 e. The molecule has 0 spiro atoms. The number of ether oxygens (including phenoxy) is 1. The van der Waals surface area contributed by atoms with Crippen molar-refractivity contribution >= 4 is 44.0 Å². The van der Waals surface area contributed by atoms with Crippen LogP contribution in [0.2, 0.25) is 5.02 Å². The number of hydrogen-bond donors (Lipinski definition) is 1. The number of carbonyl (C=O) groups excluding carboxylic acids is 1. The van der Waals surface area contributed by atoms with E-state index in [0.717, 1.165) is 10.8 Å². The molecule has 4 aromatic carbocycles. The topological polar surface area (TPSA) is 75.7 Å². The minimum atomic E-state index is -3.77. The van der Waals surface area contributed by atoms with E-state index in [1.165, 1.54) is 35.6 Å². The molecule has 6 nitrogen and oxygen atoms in total. The van der Waals surface area contributed by atoms with Crippen LogP contribution in [0.1, 0.15) is 22.8 Å². The van der Waals surface area contributed by atoms with Crippen LogP contribution in [0.5, 0.6) is 5.75 Å². The fourth-order valence-corrected chi connectivity index (χ4v) is 5.06. The molecule has 0 aliphatic carbocycles. The van der Waals surface area contributed by atoms with Crippen molar-refractivity contribution in [2.45, 2.75) is 18.4 Å². The molecule has 0 aliphatic rings. The first-order chi connectivity index (χ1) is 16.8. The highest BCUT2D eigenvalue weighted by Gasteiger charge is 2.23. The molecule has 8 heteroatoms. The van der Waals surface area contributed by atoms with Gasteiger partial charge in [-0.05, 0) is 60.8 Å². The van der Waals surface area contributed by atoms with Gasteiger partial charge in [-0.25, -0.2) is 8.42 Å². The van der Waals surface area contributed by atoms with Crippen molar-refractivity contribution in [2.24, 2.45) is 0 Å². The Morgan fingerprint density at radius 1 is 0.971 bits per heavy atom. The Balaban J connectivity index is 1.62. The molecule has 0 bridgehead atoms. The molecule has 1 N–H and O–H groups in total. The summed E-state index contributed by atoms with van der Waals surface area (Å²) in [5, 5.41) is 5.38. The molecule has 0 atom stereocenters. The van der Waals surface area contributed by atoms with E-state index in [1.54, 1.807) is 18.2 Å². The molecule has 1 amide bonds. The number of fused-ring (bicyclic) bond motifs is 1. The van der Waals surface area contributed by atoms with E-state index in [4.69, 9.17) is 16.3 Å². The van der Waals surface area contributed by atoms with Gasteiger partial charge in [-0.15, -0.1) is 0 Å². The molecular formula is C27H25ClN2O4S. The third-order valence-corrected chi connectivity index (χ3v) is 7.64. The summed E-state index contributed by atoms with van der Waals surface area (Å²) in [5.41, 5.74) is 1.68. The molecule has 0 saturated carbocycles. The molecule has 180 valence electrons. The van der Waals surface area contributed by atoms with E-state index in [2.05, 4.69) is 5.32 Å². The normalized spacial score (nSPS) is 11.5. The van der Waals surface area contributed by atoms with Gasteiger partial charge in [0.1, 0.15) is 5.75 Å². The van der Waals surface area contributed by atoms with Gasteiger partial charge in [0.05, 0.1) is 11.5 Å². The van der Waals surface area contributed by atoms with Crippen LogP contribution >= 0.6 is 11.6 Å². The van der Waals surface area contributed by atoms with Crippen LogP contribution in [-0.4, -0.2) is 32.3 Å². The maximum absolute atomic E-state index is 13.1. The quantitative estimate of drug-likeness (QED) is 0.318. The molecule has 0 aliphatic heterocycles. The van der Waals surface area contributed by atoms with E-state index in [9.17, 15) is 13.2 Å². The highest BCUT2D eigenvalue weighted by atomic mass is 35.5. The second-order valence-corrected chi connectivity index (χ2v) is 10.4. The van der Waals surface area contributed by atoms with Gasteiger partial charge in [0.15, 0.2) is 0 Å². The molecule has 4 aromatic rings. The van der Waals surface area contributed by atoms with E-state index in [0.29, 0.717) is 34.2 Å². The number of amides is 1. The third kappa shape index (κ3) is 5.48. The number of sulfonamides is 1. The fraction of sp³-hybridized carbons (Fsp3) is 0.148. The van der Waals surface area contributed by atoms with Crippen molar-refractivity contribution in [2.75, 3.05) is 19.0 Å². The van der Waals surface area contributed by atoms with Gasteiger partial charge in [0.2, 0.25) is 10.0 Å². The number of nitrogens with zero attached hydrogens (tertiary/aromatic N) is 1. The lowest BCUT2D eigenvalue weighted by molar-refractivity contribution is 0.102. The number of anilines is 1. The van der Waals surface area contributed by atoms with Crippen molar-refractivity contribution in [3.8, 4) is 5.75 Å². The summed E-state index contributed by atoms with van der Waals surface area (Å²) >= 11 is 5.90. The second kappa shape index (κ2) is 10.5. The van der Waals surface area contributed by atoms with Crippen molar-refractivity contribution < 1.29 is 17.9 Å². The van der Waals surface area contributed by atoms with Gasteiger partial charge < -0.3 is 10.1 Å². The predicted octanol–water partition coefficient (Wildman–Crippen LogP) is 5.96. The molecule has 0 aromatic heterocycles. The van der Waals surface area contributed by atoms with Crippen molar-refractivity contribution in [3.63, 3.8) is 0 Å². The van der Waals surface area contributed by atoms with Crippen LogP contribution < -0.4 is 10.1 Å². The van der Waals surface area contributed by atoms with Gasteiger partial charge >= 0.3 is 0 Å². The molecule has 0 heterocycles. The number of nitrogens with one attached hydrogen (secondary N) is 1. The van der Waals surface area contributed by atoms with Gasteiger partial charge in [-0.3, -0.25) is 4.79 Å². The Hall–Kier alpha value is -3.39. The lowest BCUT2D eigenvalue weighted by atomic mass is 10.1. The van der Waals surface area contributed by atoms with Crippen molar-refractivity contribution in [1.29, 1.82) is 0 Å². The zero-order valence-electron chi connectivity index (χ0n) is 19.4. The summed E-state index contributed by atoms with van der Waals surface area (Å²) in [4.78, 5) is 13.3. The van der Waals surface area contributed by atoms with E-state index < -0.39 is 10.0 Å². The van der Waals surface area contributed by atoms with Crippen molar-refractivity contribution in [1.82, 2.24) is 4.31 Å². The number of halogens is 1. The van der Waals surface area contributed by atoms with Gasteiger partial charge in [0, 0.05) is 40.8 Å².